The zero-order valence-electron chi connectivity index (χ0n) is 13.2. The minimum atomic E-state index is -0.0501. The molecule has 1 spiro atoms. The third-order valence-electron chi connectivity index (χ3n) is 4.90. The summed E-state index contributed by atoms with van der Waals surface area (Å²) < 4.78 is 0. The van der Waals surface area contributed by atoms with E-state index in [0.29, 0.717) is 6.42 Å². The zero-order chi connectivity index (χ0) is 15.4. The maximum atomic E-state index is 11.9. The molecular formula is C18H24N2O2. The van der Waals surface area contributed by atoms with Crippen LogP contribution in [0.3, 0.4) is 0 Å². The summed E-state index contributed by atoms with van der Waals surface area (Å²) in [7, 11) is 1.61. The second-order valence-corrected chi connectivity index (χ2v) is 6.21. The molecule has 1 aromatic rings. The van der Waals surface area contributed by atoms with E-state index in [0.717, 1.165) is 38.9 Å². The molecule has 22 heavy (non-hydrogen) atoms. The van der Waals surface area contributed by atoms with E-state index in [9.17, 15) is 4.79 Å². The number of piperidine rings is 1. The number of benzene rings is 1. The third kappa shape index (κ3) is 3.08. The molecule has 0 N–H and O–H groups in total. The molecule has 2 fully saturated rings. The molecule has 3 rings (SSSR count). The SMILES string of the molecule is CON1C(=O)CCC12CCN(C/C=C/c1ccccc1)CC2. The van der Waals surface area contributed by atoms with Crippen molar-refractivity contribution >= 4 is 12.0 Å². The van der Waals surface area contributed by atoms with Gasteiger partial charge in [-0.25, -0.2) is 5.06 Å². The lowest BCUT2D eigenvalue weighted by Gasteiger charge is -2.43. The van der Waals surface area contributed by atoms with E-state index in [1.807, 2.05) is 6.07 Å². The minimum absolute atomic E-state index is 0.0501. The van der Waals surface area contributed by atoms with Crippen LogP contribution in [-0.4, -0.2) is 48.2 Å². The first-order valence-corrected chi connectivity index (χ1v) is 8.05. The Balaban J connectivity index is 1.52. The summed E-state index contributed by atoms with van der Waals surface area (Å²) in [5.41, 5.74) is 1.19. The number of amides is 1. The largest absolute Gasteiger partial charge is 0.299 e. The molecule has 0 bridgehead atoms. The van der Waals surface area contributed by atoms with Gasteiger partial charge in [0.2, 0.25) is 5.91 Å². The minimum Gasteiger partial charge on any atom is -0.299 e. The highest BCUT2D eigenvalue weighted by Gasteiger charge is 2.47. The van der Waals surface area contributed by atoms with Crippen LogP contribution in [0.1, 0.15) is 31.2 Å². The van der Waals surface area contributed by atoms with Crippen LogP contribution in [-0.2, 0) is 9.63 Å². The van der Waals surface area contributed by atoms with Gasteiger partial charge < -0.3 is 0 Å². The molecular weight excluding hydrogens is 276 g/mol. The molecule has 2 heterocycles. The molecule has 2 aliphatic heterocycles. The first kappa shape index (κ1) is 15.3. The van der Waals surface area contributed by atoms with E-state index in [1.54, 1.807) is 12.2 Å². The second kappa shape index (κ2) is 6.63. The van der Waals surface area contributed by atoms with Gasteiger partial charge in [0.25, 0.3) is 0 Å². The van der Waals surface area contributed by atoms with Crippen LogP contribution < -0.4 is 0 Å². The van der Waals surface area contributed by atoms with Gasteiger partial charge in [-0.3, -0.25) is 14.5 Å². The number of hydroxylamine groups is 2. The van der Waals surface area contributed by atoms with Crippen LogP contribution in [0.15, 0.2) is 36.4 Å². The number of rotatable bonds is 4. The lowest BCUT2D eigenvalue weighted by molar-refractivity contribution is -0.202. The maximum Gasteiger partial charge on any atom is 0.246 e. The first-order valence-electron chi connectivity index (χ1n) is 8.05. The average Bonchev–Trinajstić information content (AvgIpc) is 2.86. The molecule has 1 aromatic carbocycles. The smallest absolute Gasteiger partial charge is 0.246 e. The highest BCUT2D eigenvalue weighted by molar-refractivity contribution is 5.78. The third-order valence-corrected chi connectivity index (χ3v) is 4.90. The summed E-state index contributed by atoms with van der Waals surface area (Å²) in [4.78, 5) is 19.7. The molecule has 0 saturated carbocycles. The number of likely N-dealkylation sites (tertiary alicyclic amines) is 1. The van der Waals surface area contributed by atoms with E-state index in [4.69, 9.17) is 4.84 Å². The standard InChI is InChI=1S/C18H24N2O2/c1-22-20-17(21)9-10-18(20)11-14-19(15-12-18)13-5-8-16-6-3-2-4-7-16/h2-8H,9-15H2,1H3/b8-5+. The van der Waals surface area contributed by atoms with E-state index in [1.165, 1.54) is 5.56 Å². The molecule has 2 saturated heterocycles. The fourth-order valence-electron chi connectivity index (χ4n) is 3.61. The van der Waals surface area contributed by atoms with Gasteiger partial charge in [0.15, 0.2) is 0 Å². The van der Waals surface area contributed by atoms with Gasteiger partial charge in [-0.2, -0.15) is 0 Å². The lowest BCUT2D eigenvalue weighted by atomic mass is 9.86. The maximum absolute atomic E-state index is 11.9. The fourth-order valence-corrected chi connectivity index (χ4v) is 3.61. The van der Waals surface area contributed by atoms with Crippen LogP contribution >= 0.6 is 0 Å². The topological polar surface area (TPSA) is 32.8 Å². The number of hydrogen-bond donors (Lipinski definition) is 0. The quantitative estimate of drug-likeness (QED) is 0.857. The predicted octanol–water partition coefficient (Wildman–Crippen LogP) is 2.72. The van der Waals surface area contributed by atoms with Crippen molar-refractivity contribution in [3.63, 3.8) is 0 Å². The number of carbonyl (C=O) groups excluding carboxylic acids is 1. The summed E-state index contributed by atoms with van der Waals surface area (Å²) >= 11 is 0. The summed E-state index contributed by atoms with van der Waals surface area (Å²) in [6.07, 6.45) is 7.97. The number of nitrogens with zero attached hydrogens (tertiary/aromatic N) is 2. The molecule has 0 radical (unpaired) electrons. The van der Waals surface area contributed by atoms with E-state index < -0.39 is 0 Å². The van der Waals surface area contributed by atoms with Gasteiger partial charge in [-0.1, -0.05) is 42.5 Å². The Morgan fingerprint density at radius 2 is 1.91 bits per heavy atom. The molecule has 0 aromatic heterocycles. The van der Waals surface area contributed by atoms with Crippen molar-refractivity contribution in [2.24, 2.45) is 0 Å². The summed E-state index contributed by atoms with van der Waals surface area (Å²) in [6, 6.07) is 10.4. The van der Waals surface area contributed by atoms with E-state index in [2.05, 4.69) is 41.3 Å². The van der Waals surface area contributed by atoms with E-state index >= 15 is 0 Å². The highest BCUT2D eigenvalue weighted by Crippen LogP contribution is 2.38. The Morgan fingerprint density at radius 3 is 2.59 bits per heavy atom. The van der Waals surface area contributed by atoms with Gasteiger partial charge in [0, 0.05) is 26.1 Å². The number of carbonyl (C=O) groups is 1. The molecule has 2 aliphatic rings. The van der Waals surface area contributed by atoms with E-state index in [-0.39, 0.29) is 11.4 Å². The Kier molecular flexibility index (Phi) is 4.60. The monoisotopic (exact) mass is 300 g/mol. The van der Waals surface area contributed by atoms with Crippen LogP contribution in [0, 0.1) is 0 Å². The molecule has 4 nitrogen and oxygen atoms in total. The average molecular weight is 300 g/mol. The Morgan fingerprint density at radius 1 is 1.18 bits per heavy atom. The van der Waals surface area contributed by atoms with Crippen molar-refractivity contribution < 1.29 is 9.63 Å². The summed E-state index contributed by atoms with van der Waals surface area (Å²) in [6.45, 7) is 3.00. The van der Waals surface area contributed by atoms with Crippen LogP contribution in [0.4, 0.5) is 0 Å². The molecule has 4 heteroatoms. The second-order valence-electron chi connectivity index (χ2n) is 6.21. The lowest BCUT2D eigenvalue weighted by Crippen LogP contribution is -2.52. The normalized spacial score (nSPS) is 22.0. The highest BCUT2D eigenvalue weighted by atomic mass is 16.7. The summed E-state index contributed by atoms with van der Waals surface area (Å²) in [5.74, 6) is 0.139. The molecule has 118 valence electrons. The van der Waals surface area contributed by atoms with Crippen LogP contribution in [0.5, 0.6) is 0 Å². The molecule has 1 amide bonds. The fraction of sp³-hybridized carbons (Fsp3) is 0.500. The Labute approximate surface area is 132 Å². The van der Waals surface area contributed by atoms with Crippen molar-refractivity contribution in [3.8, 4) is 0 Å². The van der Waals surface area contributed by atoms with Gasteiger partial charge in [-0.15, -0.1) is 0 Å². The van der Waals surface area contributed by atoms with Crippen molar-refractivity contribution in [3.05, 3.63) is 42.0 Å². The van der Waals surface area contributed by atoms with Gasteiger partial charge in [-0.05, 0) is 24.8 Å². The van der Waals surface area contributed by atoms with Crippen molar-refractivity contribution in [2.75, 3.05) is 26.7 Å². The first-order chi connectivity index (χ1) is 10.7. The Hall–Kier alpha value is -1.65. The van der Waals surface area contributed by atoms with Gasteiger partial charge >= 0.3 is 0 Å². The van der Waals surface area contributed by atoms with Crippen molar-refractivity contribution in [1.29, 1.82) is 0 Å². The van der Waals surface area contributed by atoms with Crippen LogP contribution in [0.25, 0.3) is 6.08 Å². The summed E-state index contributed by atoms with van der Waals surface area (Å²) in [5, 5.41) is 1.64. The molecule has 0 unspecified atom stereocenters. The van der Waals surface area contributed by atoms with Gasteiger partial charge in [0.1, 0.15) is 0 Å². The molecule has 0 atom stereocenters. The number of hydrogen-bond acceptors (Lipinski definition) is 3. The van der Waals surface area contributed by atoms with Crippen molar-refractivity contribution in [2.45, 2.75) is 31.2 Å². The van der Waals surface area contributed by atoms with Crippen LogP contribution in [0.2, 0.25) is 0 Å². The zero-order valence-corrected chi connectivity index (χ0v) is 13.2. The Bertz CT molecular complexity index is 533. The predicted molar refractivity (Wildman–Crippen MR) is 87.0 cm³/mol. The van der Waals surface area contributed by atoms with Gasteiger partial charge in [0.05, 0.1) is 12.6 Å². The van der Waals surface area contributed by atoms with Crippen molar-refractivity contribution in [1.82, 2.24) is 9.96 Å². The molecule has 0 aliphatic carbocycles.